The summed E-state index contributed by atoms with van der Waals surface area (Å²) in [6, 6.07) is 7.77. The highest BCUT2D eigenvalue weighted by molar-refractivity contribution is 5.95. The maximum atomic E-state index is 13.0. The van der Waals surface area contributed by atoms with Gasteiger partial charge in [-0.2, -0.15) is 0 Å². The number of hydrogen-bond acceptors (Lipinski definition) is 3. The summed E-state index contributed by atoms with van der Waals surface area (Å²) in [5.41, 5.74) is 1.61. The van der Waals surface area contributed by atoms with Crippen LogP contribution in [-0.4, -0.2) is 49.1 Å². The monoisotopic (exact) mass is 344 g/mol. The zero-order valence-corrected chi connectivity index (χ0v) is 15.4. The maximum Gasteiger partial charge on any atom is 0.253 e. The topological polar surface area (TPSA) is 58.6 Å². The predicted octanol–water partition coefficient (Wildman–Crippen LogP) is 2.39. The minimum Gasteiger partial charge on any atom is -0.381 e. The summed E-state index contributed by atoms with van der Waals surface area (Å²) < 4.78 is 5.53. The van der Waals surface area contributed by atoms with Crippen molar-refractivity contribution in [3.8, 4) is 0 Å². The molecule has 2 amide bonds. The number of nitrogens with zero attached hydrogens (tertiary/aromatic N) is 1. The molecule has 25 heavy (non-hydrogen) atoms. The van der Waals surface area contributed by atoms with Crippen molar-refractivity contribution in [1.82, 2.24) is 10.2 Å². The summed E-state index contributed by atoms with van der Waals surface area (Å²) in [4.78, 5) is 27.6. The number of ether oxygens (including phenoxy) is 1. The van der Waals surface area contributed by atoms with E-state index in [2.05, 4.69) is 5.32 Å². The number of amides is 2. The zero-order chi connectivity index (χ0) is 18.0. The van der Waals surface area contributed by atoms with Crippen LogP contribution in [-0.2, 0) is 9.53 Å². The van der Waals surface area contributed by atoms with Crippen LogP contribution in [0, 0.1) is 18.3 Å². The van der Waals surface area contributed by atoms with Gasteiger partial charge in [0, 0.05) is 43.3 Å². The van der Waals surface area contributed by atoms with E-state index in [1.54, 1.807) is 0 Å². The van der Waals surface area contributed by atoms with Crippen molar-refractivity contribution in [2.75, 3.05) is 26.3 Å². The molecule has 0 saturated carbocycles. The van der Waals surface area contributed by atoms with E-state index in [1.807, 2.05) is 49.9 Å². The van der Waals surface area contributed by atoms with E-state index in [-0.39, 0.29) is 29.2 Å². The molecule has 2 saturated heterocycles. The minimum atomic E-state index is -0.160. The molecule has 2 heterocycles. The molecule has 1 spiro atoms. The Kier molecular flexibility index (Phi) is 5.13. The number of hydrogen-bond donors (Lipinski definition) is 1. The van der Waals surface area contributed by atoms with Crippen LogP contribution in [0.4, 0.5) is 0 Å². The van der Waals surface area contributed by atoms with Crippen molar-refractivity contribution in [2.45, 2.75) is 39.7 Å². The van der Waals surface area contributed by atoms with Crippen molar-refractivity contribution in [2.24, 2.45) is 11.3 Å². The number of aryl methyl sites for hydroxylation is 1. The number of likely N-dealkylation sites (tertiary alicyclic amines) is 1. The van der Waals surface area contributed by atoms with Gasteiger partial charge in [0.05, 0.1) is 5.92 Å². The maximum absolute atomic E-state index is 13.0. The summed E-state index contributed by atoms with van der Waals surface area (Å²) in [5, 5.41) is 3.05. The first kappa shape index (κ1) is 17.9. The second-order valence-electron chi connectivity index (χ2n) is 7.75. The van der Waals surface area contributed by atoms with Gasteiger partial charge in [0.25, 0.3) is 5.91 Å². The molecule has 3 rings (SSSR count). The highest BCUT2D eigenvalue weighted by atomic mass is 16.5. The normalized spacial score (nSPS) is 22.4. The smallest absolute Gasteiger partial charge is 0.253 e. The van der Waals surface area contributed by atoms with E-state index in [4.69, 9.17) is 4.74 Å². The molecule has 5 heteroatoms. The number of nitrogens with one attached hydrogen (secondary N) is 1. The Hall–Kier alpha value is -1.88. The molecular formula is C20H28N2O3. The van der Waals surface area contributed by atoms with Gasteiger partial charge in [0.1, 0.15) is 0 Å². The molecular weight excluding hydrogens is 316 g/mol. The number of benzene rings is 1. The van der Waals surface area contributed by atoms with Gasteiger partial charge in [0.15, 0.2) is 0 Å². The van der Waals surface area contributed by atoms with Crippen LogP contribution >= 0.6 is 0 Å². The quantitative estimate of drug-likeness (QED) is 0.916. The van der Waals surface area contributed by atoms with Crippen LogP contribution in [0.15, 0.2) is 24.3 Å². The first-order valence-corrected chi connectivity index (χ1v) is 9.15. The summed E-state index contributed by atoms with van der Waals surface area (Å²) in [7, 11) is 0. The lowest BCUT2D eigenvalue weighted by Gasteiger charge is -2.37. The van der Waals surface area contributed by atoms with E-state index in [0.29, 0.717) is 31.9 Å². The lowest BCUT2D eigenvalue weighted by Crippen LogP contribution is -2.46. The minimum absolute atomic E-state index is 0.0226. The average Bonchev–Trinajstić information content (AvgIpc) is 2.93. The molecule has 0 bridgehead atoms. The first-order valence-electron chi connectivity index (χ1n) is 9.15. The van der Waals surface area contributed by atoms with Gasteiger partial charge >= 0.3 is 0 Å². The van der Waals surface area contributed by atoms with E-state index >= 15 is 0 Å². The largest absolute Gasteiger partial charge is 0.381 e. The van der Waals surface area contributed by atoms with Crippen LogP contribution in [0.1, 0.15) is 42.6 Å². The van der Waals surface area contributed by atoms with Crippen LogP contribution in [0.25, 0.3) is 0 Å². The standard InChI is InChI=1S/C20H28N2O3/c1-14(2)21-18(23)17-12-22(13-20(17)7-9-25-10-8-20)19(24)16-6-4-5-15(3)11-16/h4-6,11,14,17H,7-10,12-13H2,1-3H3,(H,21,23). The Morgan fingerprint density at radius 1 is 1.28 bits per heavy atom. The summed E-state index contributed by atoms with van der Waals surface area (Å²) in [6.45, 7) is 8.39. The molecule has 1 aromatic carbocycles. The molecule has 0 aromatic heterocycles. The Labute approximate surface area is 149 Å². The van der Waals surface area contributed by atoms with E-state index in [0.717, 1.165) is 18.4 Å². The van der Waals surface area contributed by atoms with Gasteiger partial charge in [-0.1, -0.05) is 17.7 Å². The van der Waals surface area contributed by atoms with E-state index in [9.17, 15) is 9.59 Å². The van der Waals surface area contributed by atoms with Gasteiger partial charge < -0.3 is 15.0 Å². The Bertz CT molecular complexity index is 650. The van der Waals surface area contributed by atoms with E-state index < -0.39 is 0 Å². The average molecular weight is 344 g/mol. The molecule has 1 unspecified atom stereocenters. The van der Waals surface area contributed by atoms with Gasteiger partial charge in [-0.3, -0.25) is 9.59 Å². The molecule has 2 fully saturated rings. The second-order valence-corrected chi connectivity index (χ2v) is 7.75. The number of carbonyl (C=O) groups excluding carboxylic acids is 2. The van der Waals surface area contributed by atoms with Crippen molar-refractivity contribution in [1.29, 1.82) is 0 Å². The first-order chi connectivity index (χ1) is 11.9. The lowest BCUT2D eigenvalue weighted by molar-refractivity contribution is -0.130. The highest BCUT2D eigenvalue weighted by Gasteiger charge is 2.51. The fraction of sp³-hybridized carbons (Fsp3) is 0.600. The summed E-state index contributed by atoms with van der Waals surface area (Å²) in [5.74, 6) is -0.0709. The van der Waals surface area contributed by atoms with Gasteiger partial charge in [-0.05, 0) is 45.7 Å². The Balaban J connectivity index is 1.83. The van der Waals surface area contributed by atoms with Gasteiger partial charge in [-0.15, -0.1) is 0 Å². The van der Waals surface area contributed by atoms with Crippen LogP contribution in [0.3, 0.4) is 0 Å². The van der Waals surface area contributed by atoms with Crippen molar-refractivity contribution in [3.05, 3.63) is 35.4 Å². The molecule has 2 aliphatic rings. The summed E-state index contributed by atoms with van der Waals surface area (Å²) in [6.07, 6.45) is 1.67. The Morgan fingerprint density at radius 2 is 2.00 bits per heavy atom. The van der Waals surface area contributed by atoms with Crippen molar-refractivity contribution >= 4 is 11.8 Å². The van der Waals surface area contributed by atoms with Crippen LogP contribution in [0.2, 0.25) is 0 Å². The third-order valence-corrected chi connectivity index (χ3v) is 5.44. The van der Waals surface area contributed by atoms with Crippen LogP contribution < -0.4 is 5.32 Å². The van der Waals surface area contributed by atoms with E-state index in [1.165, 1.54) is 0 Å². The zero-order valence-electron chi connectivity index (χ0n) is 15.4. The van der Waals surface area contributed by atoms with Gasteiger partial charge in [-0.25, -0.2) is 0 Å². The molecule has 136 valence electrons. The lowest BCUT2D eigenvalue weighted by atomic mass is 9.71. The molecule has 2 aliphatic heterocycles. The predicted molar refractivity (Wildman–Crippen MR) is 96.3 cm³/mol. The fourth-order valence-electron chi connectivity index (χ4n) is 4.11. The number of rotatable bonds is 3. The van der Waals surface area contributed by atoms with Crippen molar-refractivity contribution in [3.63, 3.8) is 0 Å². The third kappa shape index (κ3) is 3.71. The highest BCUT2D eigenvalue weighted by Crippen LogP contribution is 2.44. The van der Waals surface area contributed by atoms with Crippen LogP contribution in [0.5, 0.6) is 0 Å². The molecule has 1 aromatic rings. The fourth-order valence-corrected chi connectivity index (χ4v) is 4.11. The molecule has 1 atom stereocenters. The third-order valence-electron chi connectivity index (χ3n) is 5.44. The summed E-state index contributed by atoms with van der Waals surface area (Å²) >= 11 is 0. The molecule has 5 nitrogen and oxygen atoms in total. The van der Waals surface area contributed by atoms with Crippen molar-refractivity contribution < 1.29 is 14.3 Å². The molecule has 1 N–H and O–H groups in total. The Morgan fingerprint density at radius 3 is 2.64 bits per heavy atom. The van der Waals surface area contributed by atoms with Gasteiger partial charge in [0.2, 0.25) is 5.91 Å². The second kappa shape index (κ2) is 7.16. The molecule has 0 radical (unpaired) electrons. The SMILES string of the molecule is Cc1cccc(C(=O)N2CC(C(=O)NC(C)C)C3(CCOCC3)C2)c1. The molecule has 0 aliphatic carbocycles. The number of carbonyl (C=O) groups is 2.